The second-order valence-corrected chi connectivity index (χ2v) is 9.63. The predicted octanol–water partition coefficient (Wildman–Crippen LogP) is 3.88. The zero-order valence-corrected chi connectivity index (χ0v) is 9.83. The van der Waals surface area contributed by atoms with E-state index >= 15 is 0 Å². The Morgan fingerprint density at radius 2 is 0.846 bits per heavy atom. The van der Waals surface area contributed by atoms with Gasteiger partial charge in [0, 0.05) is 8.80 Å². The van der Waals surface area contributed by atoms with Gasteiger partial charge in [0.15, 0.2) is 0 Å². The normalized spacial score (nSPS) is 49.8. The molecule has 0 spiro atoms. The molecule has 0 aromatic carbocycles. The lowest BCUT2D eigenvalue weighted by Crippen LogP contribution is -2.40. The van der Waals surface area contributed by atoms with Crippen LogP contribution in [0.1, 0.15) is 57.8 Å². The topological polar surface area (TPSA) is 0 Å². The first-order valence-electron chi connectivity index (χ1n) is 6.45. The summed E-state index contributed by atoms with van der Waals surface area (Å²) >= 11 is 0. The lowest BCUT2D eigenvalue weighted by molar-refractivity contribution is 0.400. The van der Waals surface area contributed by atoms with E-state index in [0.717, 1.165) is 0 Å². The van der Waals surface area contributed by atoms with Crippen LogP contribution in [0.3, 0.4) is 0 Å². The summed E-state index contributed by atoms with van der Waals surface area (Å²) in [5.41, 5.74) is 3.91. The molecule has 3 fully saturated rings. The Kier molecular flexibility index (Phi) is 2.24. The van der Waals surface area contributed by atoms with Gasteiger partial charge in [0.1, 0.15) is 0 Å². The third-order valence-electron chi connectivity index (χ3n) is 5.08. The van der Waals surface area contributed by atoms with E-state index in [2.05, 4.69) is 0 Å². The van der Waals surface area contributed by atoms with Crippen molar-refractivity contribution in [1.29, 1.82) is 0 Å². The maximum atomic E-state index is 1.64. The van der Waals surface area contributed by atoms with Gasteiger partial charge in [-0.3, -0.25) is 0 Å². The first kappa shape index (κ1) is 8.52. The second-order valence-electron chi connectivity index (χ2n) is 5.65. The first-order chi connectivity index (χ1) is 6.45. The molecule has 0 N–H and O–H groups in total. The van der Waals surface area contributed by atoms with E-state index < -0.39 is 0 Å². The first-order valence-corrected chi connectivity index (χ1v) is 8.45. The van der Waals surface area contributed by atoms with Crippen LogP contribution in [0.5, 0.6) is 0 Å². The lowest BCUT2D eigenvalue weighted by Gasteiger charge is -2.48. The fraction of sp³-hybridized carbons (Fsp3) is 1.00. The van der Waals surface area contributed by atoms with Crippen LogP contribution >= 0.6 is 0 Å². The highest BCUT2D eigenvalue weighted by atomic mass is 28.3. The van der Waals surface area contributed by atoms with Crippen LogP contribution in [0, 0.1) is 0 Å². The molecule has 13 heavy (non-hydrogen) atoms. The number of hydrogen-bond acceptors (Lipinski definition) is 0. The summed E-state index contributed by atoms with van der Waals surface area (Å²) in [6.45, 7) is 0. The van der Waals surface area contributed by atoms with E-state index in [1.807, 2.05) is 0 Å². The Hall–Kier alpha value is 0.217. The molecule has 3 aliphatic rings. The Labute approximate surface area is 83.7 Å². The van der Waals surface area contributed by atoms with Crippen LogP contribution in [0.4, 0.5) is 0 Å². The van der Waals surface area contributed by atoms with Gasteiger partial charge in [-0.15, -0.1) is 0 Å². The Morgan fingerprint density at radius 1 is 0.538 bits per heavy atom. The molecule has 1 heteroatoms. The van der Waals surface area contributed by atoms with Crippen molar-refractivity contribution >= 4 is 8.80 Å². The van der Waals surface area contributed by atoms with Gasteiger partial charge in [-0.2, -0.15) is 0 Å². The summed E-state index contributed by atoms with van der Waals surface area (Å²) in [4.78, 5) is 0. The van der Waals surface area contributed by atoms with Crippen LogP contribution in [0.15, 0.2) is 0 Å². The van der Waals surface area contributed by atoms with Gasteiger partial charge >= 0.3 is 0 Å². The van der Waals surface area contributed by atoms with Crippen molar-refractivity contribution in [3.8, 4) is 0 Å². The van der Waals surface area contributed by atoms with Gasteiger partial charge in [-0.1, -0.05) is 57.8 Å². The van der Waals surface area contributed by atoms with Crippen LogP contribution in [-0.2, 0) is 0 Å². The number of rotatable bonds is 0. The molecule has 0 nitrogen and oxygen atoms in total. The standard InChI is InChI=1S/C12H22Si/c1-4-10-6-2-8-12-9-3-7-11(5-1)13(10)12/h10-13H,1-9H2. The summed E-state index contributed by atoms with van der Waals surface area (Å²) in [5, 5.41) is 0. The highest BCUT2D eigenvalue weighted by Gasteiger charge is 2.43. The van der Waals surface area contributed by atoms with Crippen LogP contribution < -0.4 is 0 Å². The molecule has 3 saturated heterocycles. The monoisotopic (exact) mass is 194 g/mol. The van der Waals surface area contributed by atoms with Crippen molar-refractivity contribution in [2.75, 3.05) is 0 Å². The third-order valence-corrected chi connectivity index (χ3v) is 10.3. The summed E-state index contributed by atoms with van der Waals surface area (Å²) in [7, 11) is -0.256. The Bertz CT molecular complexity index is 144. The molecular formula is C12H22Si. The van der Waals surface area contributed by atoms with Crippen LogP contribution in [0.2, 0.25) is 16.6 Å². The molecule has 0 radical (unpaired) electrons. The summed E-state index contributed by atoms with van der Waals surface area (Å²) in [6.07, 6.45) is 14.6. The number of hydrogen-bond donors (Lipinski definition) is 0. The van der Waals surface area contributed by atoms with Crippen molar-refractivity contribution in [3.63, 3.8) is 0 Å². The van der Waals surface area contributed by atoms with E-state index in [4.69, 9.17) is 0 Å². The van der Waals surface area contributed by atoms with E-state index in [1.165, 1.54) is 16.6 Å². The quantitative estimate of drug-likeness (QED) is 0.513. The van der Waals surface area contributed by atoms with Gasteiger partial charge in [-0.05, 0) is 16.6 Å². The summed E-state index contributed by atoms with van der Waals surface area (Å²) in [6, 6.07) is 0. The van der Waals surface area contributed by atoms with Gasteiger partial charge in [0.05, 0.1) is 0 Å². The zero-order chi connectivity index (χ0) is 8.67. The maximum Gasteiger partial charge on any atom is 0.0461 e. The molecule has 0 aromatic heterocycles. The Morgan fingerprint density at radius 3 is 1.15 bits per heavy atom. The van der Waals surface area contributed by atoms with Gasteiger partial charge in [0.2, 0.25) is 0 Å². The highest BCUT2D eigenvalue weighted by Crippen LogP contribution is 2.54. The van der Waals surface area contributed by atoms with E-state index in [1.54, 1.807) is 57.8 Å². The molecule has 3 rings (SSSR count). The summed E-state index contributed by atoms with van der Waals surface area (Å²) < 4.78 is 0. The van der Waals surface area contributed by atoms with Crippen molar-refractivity contribution in [2.45, 2.75) is 74.4 Å². The molecule has 0 saturated carbocycles. The van der Waals surface area contributed by atoms with Gasteiger partial charge in [0.25, 0.3) is 0 Å². The molecule has 0 amide bonds. The maximum absolute atomic E-state index is 1.64. The van der Waals surface area contributed by atoms with Crippen molar-refractivity contribution in [2.24, 2.45) is 0 Å². The lowest BCUT2D eigenvalue weighted by atomic mass is 9.97. The molecule has 0 atom stereocenters. The predicted molar refractivity (Wildman–Crippen MR) is 60.0 cm³/mol. The van der Waals surface area contributed by atoms with Crippen LogP contribution in [-0.4, -0.2) is 8.80 Å². The van der Waals surface area contributed by atoms with Gasteiger partial charge < -0.3 is 0 Å². The third kappa shape index (κ3) is 1.40. The fourth-order valence-electron chi connectivity index (χ4n) is 4.67. The Balaban J connectivity index is 1.82. The largest absolute Gasteiger partial charge is 0.0533 e. The average Bonchev–Trinajstić information content (AvgIpc) is 2.19. The minimum absolute atomic E-state index is 0.256. The molecule has 3 aliphatic heterocycles. The van der Waals surface area contributed by atoms with E-state index in [-0.39, 0.29) is 8.80 Å². The zero-order valence-electron chi connectivity index (χ0n) is 8.67. The molecule has 0 aliphatic carbocycles. The van der Waals surface area contributed by atoms with Gasteiger partial charge in [-0.25, -0.2) is 0 Å². The van der Waals surface area contributed by atoms with Crippen molar-refractivity contribution in [3.05, 3.63) is 0 Å². The average molecular weight is 194 g/mol. The molecule has 3 heterocycles. The molecule has 0 unspecified atom stereocenters. The molecule has 0 bridgehead atoms. The summed E-state index contributed by atoms with van der Waals surface area (Å²) in [5.74, 6) is 0. The van der Waals surface area contributed by atoms with E-state index in [9.17, 15) is 0 Å². The molecule has 0 aromatic rings. The fourth-order valence-corrected chi connectivity index (χ4v) is 10.7. The molecule has 74 valence electrons. The van der Waals surface area contributed by atoms with Crippen molar-refractivity contribution < 1.29 is 0 Å². The van der Waals surface area contributed by atoms with Crippen LogP contribution in [0.25, 0.3) is 0 Å². The minimum Gasteiger partial charge on any atom is -0.0533 e. The smallest absolute Gasteiger partial charge is 0.0461 e. The highest BCUT2D eigenvalue weighted by molar-refractivity contribution is 6.64. The second kappa shape index (κ2) is 3.41. The minimum atomic E-state index is -0.256. The molecular weight excluding hydrogens is 172 g/mol. The van der Waals surface area contributed by atoms with E-state index in [0.29, 0.717) is 0 Å². The van der Waals surface area contributed by atoms with Crippen molar-refractivity contribution in [1.82, 2.24) is 0 Å². The SMILES string of the molecule is C1CC2CCCC3CCCC(C1)[SiH]23.